The van der Waals surface area contributed by atoms with Gasteiger partial charge in [-0.05, 0) is 38.5 Å². The molecule has 0 saturated carbocycles. The van der Waals surface area contributed by atoms with E-state index in [-0.39, 0.29) is 149 Å². The molecule has 0 aliphatic carbocycles. The van der Waals surface area contributed by atoms with E-state index < -0.39 is 24.4 Å². The van der Waals surface area contributed by atoms with E-state index in [9.17, 15) is 58.8 Å². The minimum Gasteiger partial charge on any atom is -0.392 e. The van der Waals surface area contributed by atoms with Gasteiger partial charge < -0.3 is 20.4 Å². The van der Waals surface area contributed by atoms with E-state index in [0.717, 1.165) is 38.5 Å². The van der Waals surface area contributed by atoms with Gasteiger partial charge in [0.05, 0.1) is 24.4 Å². The van der Waals surface area contributed by atoms with E-state index in [1.165, 1.54) is 0 Å². The summed E-state index contributed by atoms with van der Waals surface area (Å²) in [5, 5.41) is 40.3. The Balaban J connectivity index is 4.00. The lowest BCUT2D eigenvalue weighted by molar-refractivity contribution is -0.126. The van der Waals surface area contributed by atoms with Gasteiger partial charge in [-0.2, -0.15) is 0 Å². The number of carbonyl (C=O) groups is 8. The number of hydrogen-bond acceptors (Lipinski definition) is 12. The van der Waals surface area contributed by atoms with Crippen molar-refractivity contribution in [3.63, 3.8) is 0 Å². The van der Waals surface area contributed by atoms with E-state index in [4.69, 9.17) is 0 Å². The summed E-state index contributed by atoms with van der Waals surface area (Å²) >= 11 is 0. The molecule has 0 aliphatic rings. The number of aliphatic hydroxyl groups is 4. The van der Waals surface area contributed by atoms with Crippen molar-refractivity contribution >= 4 is 46.3 Å². The summed E-state index contributed by atoms with van der Waals surface area (Å²) in [6.07, 6.45) is 3.63. The summed E-state index contributed by atoms with van der Waals surface area (Å²) in [7, 11) is 0. The van der Waals surface area contributed by atoms with E-state index in [0.29, 0.717) is 32.1 Å². The molecule has 0 bridgehead atoms. The lowest BCUT2D eigenvalue weighted by Gasteiger charge is -2.11. The van der Waals surface area contributed by atoms with Gasteiger partial charge >= 0.3 is 0 Å². The predicted molar refractivity (Wildman–Crippen MR) is 200 cm³/mol. The lowest BCUT2D eigenvalue weighted by Crippen LogP contribution is -2.19. The monoisotopic (exact) mass is 752 g/mol. The zero-order valence-corrected chi connectivity index (χ0v) is 32.5. The summed E-state index contributed by atoms with van der Waals surface area (Å²) in [4.78, 5) is 96.7. The van der Waals surface area contributed by atoms with Crippen LogP contribution in [0.25, 0.3) is 0 Å². The van der Waals surface area contributed by atoms with Crippen molar-refractivity contribution in [3.8, 4) is 0 Å². The quantitative estimate of drug-likeness (QED) is 0.0571. The van der Waals surface area contributed by atoms with Crippen LogP contribution in [-0.4, -0.2) is 91.1 Å². The first-order valence-corrected chi connectivity index (χ1v) is 20.0. The molecule has 0 spiro atoms. The van der Waals surface area contributed by atoms with Crippen molar-refractivity contribution < 1.29 is 58.8 Å². The molecule has 0 aromatic rings. The topological polar surface area (TPSA) is 217 Å². The van der Waals surface area contributed by atoms with Gasteiger partial charge in [-0.15, -0.1) is 0 Å². The van der Waals surface area contributed by atoms with Crippen molar-refractivity contribution in [1.29, 1.82) is 0 Å². The van der Waals surface area contributed by atoms with Gasteiger partial charge in [0.2, 0.25) is 0 Å². The number of aliphatic hydroxyl groups excluding tert-OH is 4. The Morgan fingerprint density at radius 1 is 0.283 bits per heavy atom. The molecule has 0 fully saturated rings. The smallest absolute Gasteiger partial charge is 0.135 e. The number of hydrogen-bond donors (Lipinski definition) is 4. The summed E-state index contributed by atoms with van der Waals surface area (Å²) in [6.45, 7) is 4.06. The van der Waals surface area contributed by atoms with Crippen LogP contribution in [0.5, 0.6) is 0 Å². The van der Waals surface area contributed by atoms with Crippen LogP contribution in [0.15, 0.2) is 0 Å². The number of ketones is 8. The normalized spacial score (nSPS) is 13.5. The van der Waals surface area contributed by atoms with Crippen molar-refractivity contribution in [2.24, 2.45) is 0 Å². The minimum atomic E-state index is -1.12. The second-order valence-corrected chi connectivity index (χ2v) is 14.7. The van der Waals surface area contributed by atoms with Crippen LogP contribution in [0, 0.1) is 0 Å². The molecule has 0 rings (SSSR count). The van der Waals surface area contributed by atoms with Gasteiger partial charge in [0, 0.05) is 103 Å². The maximum atomic E-state index is 12.2. The second kappa shape index (κ2) is 31.5. The molecule has 12 nitrogen and oxygen atoms in total. The molecule has 4 N–H and O–H groups in total. The maximum absolute atomic E-state index is 12.2. The first-order valence-electron chi connectivity index (χ1n) is 20.0. The average molecular weight is 753 g/mol. The van der Waals surface area contributed by atoms with Gasteiger partial charge in [-0.3, -0.25) is 38.4 Å². The zero-order chi connectivity index (χ0) is 40.0. The fourth-order valence-corrected chi connectivity index (χ4v) is 6.14. The molecule has 0 aromatic carbocycles. The number of rotatable bonds is 38. The molecule has 0 aromatic heterocycles. The third-order valence-corrected chi connectivity index (χ3v) is 9.06. The Bertz CT molecular complexity index is 1040. The highest BCUT2D eigenvalue weighted by atomic mass is 16.3. The molecule has 304 valence electrons. The summed E-state index contributed by atoms with van der Waals surface area (Å²) in [5.41, 5.74) is 0. The van der Waals surface area contributed by atoms with Crippen LogP contribution in [-0.2, 0) is 38.4 Å². The Kier molecular flexibility index (Phi) is 29.9. The Labute approximate surface area is 316 Å². The molecule has 0 saturated heterocycles. The number of carbonyl (C=O) groups excluding carboxylic acids is 8. The summed E-state index contributed by atoms with van der Waals surface area (Å²) in [5.74, 6) is -1.53. The fraction of sp³-hybridized carbons (Fsp3) is 0.805. The third kappa shape index (κ3) is 31.3. The van der Waals surface area contributed by atoms with E-state index in [1.54, 1.807) is 0 Å². The lowest BCUT2D eigenvalue weighted by atomic mass is 9.98. The van der Waals surface area contributed by atoms with Crippen LogP contribution in [0.2, 0.25) is 0 Å². The molecule has 0 heterocycles. The Morgan fingerprint density at radius 2 is 0.453 bits per heavy atom. The van der Waals surface area contributed by atoms with Crippen LogP contribution in [0.3, 0.4) is 0 Å². The number of Topliss-reactive ketones (excluding diaryl/α,β-unsaturated/α-hetero) is 8. The molecule has 4 unspecified atom stereocenters. The highest BCUT2D eigenvalue weighted by Crippen LogP contribution is 2.15. The molecule has 0 amide bonds. The second-order valence-electron chi connectivity index (χ2n) is 14.7. The van der Waals surface area contributed by atoms with E-state index in [1.807, 2.05) is 13.8 Å². The third-order valence-electron chi connectivity index (χ3n) is 9.06. The first kappa shape index (κ1) is 50.2. The van der Waals surface area contributed by atoms with Crippen molar-refractivity contribution in [1.82, 2.24) is 0 Å². The van der Waals surface area contributed by atoms with Crippen molar-refractivity contribution in [2.75, 3.05) is 0 Å². The fourth-order valence-electron chi connectivity index (χ4n) is 6.14. The van der Waals surface area contributed by atoms with Gasteiger partial charge in [0.1, 0.15) is 46.3 Å². The van der Waals surface area contributed by atoms with Gasteiger partial charge in [0.15, 0.2) is 0 Å². The molecule has 53 heavy (non-hydrogen) atoms. The SMILES string of the molecule is CCCCCC(=O)CC(O)CC(=O)CCCC(=O)CC(O)CC(=O)CCCCCC(=O)CC(O)CC(=O)CCCC(=O)CC(O)CC(=O)CCCCC. The Morgan fingerprint density at radius 3 is 0.642 bits per heavy atom. The van der Waals surface area contributed by atoms with Gasteiger partial charge in [0.25, 0.3) is 0 Å². The maximum Gasteiger partial charge on any atom is 0.135 e. The summed E-state index contributed by atoms with van der Waals surface area (Å²) < 4.78 is 0. The van der Waals surface area contributed by atoms with Crippen LogP contribution in [0.1, 0.15) is 187 Å². The zero-order valence-electron chi connectivity index (χ0n) is 32.5. The largest absolute Gasteiger partial charge is 0.392 e. The molecular weight excluding hydrogens is 684 g/mol. The van der Waals surface area contributed by atoms with E-state index >= 15 is 0 Å². The first-order chi connectivity index (χ1) is 25.1. The van der Waals surface area contributed by atoms with Gasteiger partial charge in [-0.25, -0.2) is 0 Å². The van der Waals surface area contributed by atoms with Crippen LogP contribution >= 0.6 is 0 Å². The molecular formula is C41H68O12. The van der Waals surface area contributed by atoms with Crippen molar-refractivity contribution in [3.05, 3.63) is 0 Å². The molecule has 0 aliphatic heterocycles. The highest BCUT2D eigenvalue weighted by molar-refractivity contribution is 5.85. The standard InChI is InChI=1S/C41H68O12/c1-3-5-8-14-30(42)22-38(50)26-34(46)18-12-20-36(48)28-40(52)24-32(44)16-10-7-11-17-33(45)25-41(53)29-37(49)21-13-19-35(47)27-39(51)23-31(43)15-9-6-4-2/h38-41,50-53H,3-29H2,1-2H3. The molecule has 12 heteroatoms. The van der Waals surface area contributed by atoms with Crippen LogP contribution in [0.4, 0.5) is 0 Å². The molecule has 0 radical (unpaired) electrons. The number of unbranched alkanes of at least 4 members (excludes halogenated alkanes) is 6. The summed E-state index contributed by atoms with van der Waals surface area (Å²) in [6, 6.07) is 0. The van der Waals surface area contributed by atoms with Crippen molar-refractivity contribution in [2.45, 2.75) is 212 Å². The Hall–Kier alpha value is -2.80. The average Bonchev–Trinajstić information content (AvgIpc) is 3.04. The van der Waals surface area contributed by atoms with Crippen LogP contribution < -0.4 is 0 Å². The highest BCUT2D eigenvalue weighted by Gasteiger charge is 2.19. The van der Waals surface area contributed by atoms with E-state index in [2.05, 4.69) is 0 Å². The molecule has 4 atom stereocenters. The van der Waals surface area contributed by atoms with Gasteiger partial charge in [-0.1, -0.05) is 46.0 Å². The minimum absolute atomic E-state index is 0.0470. The predicted octanol–water partition coefficient (Wildman–Crippen LogP) is 5.56.